The largest absolute Gasteiger partial charge is 0.481 e. The van der Waals surface area contributed by atoms with E-state index in [4.69, 9.17) is 16.7 Å². The van der Waals surface area contributed by atoms with Gasteiger partial charge in [-0.2, -0.15) is 13.2 Å². The number of benzene rings is 1. The van der Waals surface area contributed by atoms with E-state index >= 15 is 0 Å². The highest BCUT2D eigenvalue weighted by molar-refractivity contribution is 6.31. The fourth-order valence-electron chi connectivity index (χ4n) is 2.76. The highest BCUT2D eigenvalue weighted by Crippen LogP contribution is 2.32. The molecule has 1 aliphatic heterocycles. The molecule has 0 aliphatic carbocycles. The topological polar surface area (TPSA) is 57.6 Å². The average Bonchev–Trinajstić information content (AvgIpc) is 2.44. The monoisotopic (exact) mass is 349 g/mol. The first kappa shape index (κ1) is 17.6. The van der Waals surface area contributed by atoms with Crippen LogP contribution in [0.15, 0.2) is 18.2 Å². The molecule has 1 amide bonds. The van der Waals surface area contributed by atoms with Gasteiger partial charge in [-0.15, -0.1) is 0 Å². The number of hydrogen-bond acceptors (Lipinski definition) is 2. The van der Waals surface area contributed by atoms with Gasteiger partial charge in [0.05, 0.1) is 11.5 Å². The summed E-state index contributed by atoms with van der Waals surface area (Å²) < 4.78 is 38.5. The van der Waals surface area contributed by atoms with Crippen molar-refractivity contribution in [2.24, 2.45) is 11.8 Å². The van der Waals surface area contributed by atoms with Gasteiger partial charge < -0.3 is 10.0 Å². The van der Waals surface area contributed by atoms with Crippen molar-refractivity contribution in [2.45, 2.75) is 19.5 Å². The Morgan fingerprint density at radius 2 is 1.91 bits per heavy atom. The zero-order chi connectivity index (χ0) is 17.4. The minimum Gasteiger partial charge on any atom is -0.481 e. The zero-order valence-corrected chi connectivity index (χ0v) is 13.0. The van der Waals surface area contributed by atoms with E-state index in [0.717, 1.165) is 18.2 Å². The molecule has 1 aromatic rings. The van der Waals surface area contributed by atoms with E-state index in [-0.39, 0.29) is 23.0 Å². The van der Waals surface area contributed by atoms with Crippen molar-refractivity contribution in [2.75, 3.05) is 13.1 Å². The number of alkyl halides is 3. The van der Waals surface area contributed by atoms with Crippen LogP contribution in [0.3, 0.4) is 0 Å². The Morgan fingerprint density at radius 1 is 1.26 bits per heavy atom. The summed E-state index contributed by atoms with van der Waals surface area (Å²) in [5.74, 6) is -2.42. The van der Waals surface area contributed by atoms with Gasteiger partial charge in [0.2, 0.25) is 0 Å². The van der Waals surface area contributed by atoms with Crippen molar-refractivity contribution < 1.29 is 27.9 Å². The van der Waals surface area contributed by atoms with E-state index in [1.54, 1.807) is 6.92 Å². The Bertz CT molecular complexity index is 633. The number of hydrogen-bond donors (Lipinski definition) is 1. The number of halogens is 4. The minimum absolute atomic E-state index is 0.0215. The molecule has 4 nitrogen and oxygen atoms in total. The molecule has 2 unspecified atom stereocenters. The summed E-state index contributed by atoms with van der Waals surface area (Å²) in [4.78, 5) is 24.9. The number of amides is 1. The van der Waals surface area contributed by atoms with Crippen molar-refractivity contribution in [1.29, 1.82) is 0 Å². The molecule has 1 fully saturated rings. The maximum atomic E-state index is 12.8. The third-order valence-corrected chi connectivity index (χ3v) is 3.99. The average molecular weight is 350 g/mol. The molecule has 1 aromatic carbocycles. The molecule has 1 heterocycles. The number of carboxylic acid groups (broad SMARTS) is 1. The van der Waals surface area contributed by atoms with Gasteiger partial charge in [-0.05, 0) is 30.5 Å². The fourth-order valence-corrected chi connectivity index (χ4v) is 2.99. The van der Waals surface area contributed by atoms with Crippen molar-refractivity contribution in [3.63, 3.8) is 0 Å². The third-order valence-electron chi connectivity index (χ3n) is 3.77. The van der Waals surface area contributed by atoms with Gasteiger partial charge in [0.1, 0.15) is 0 Å². The van der Waals surface area contributed by atoms with E-state index in [9.17, 15) is 22.8 Å². The highest BCUT2D eigenvalue weighted by atomic mass is 35.5. The van der Waals surface area contributed by atoms with Crippen LogP contribution in [-0.2, 0) is 11.0 Å². The van der Waals surface area contributed by atoms with Crippen LogP contribution < -0.4 is 0 Å². The minimum atomic E-state index is -4.61. The number of carboxylic acids is 1. The Kier molecular flexibility index (Phi) is 4.89. The Hall–Kier alpha value is -1.76. The lowest BCUT2D eigenvalue weighted by atomic mass is 9.90. The standard InChI is InChI=1S/C15H15ClF3NO3/c1-8-2-10(14(22)23)7-20(6-8)13(21)9-3-11(15(17,18)19)5-12(16)4-9/h3-5,8,10H,2,6-7H2,1H3,(H,22,23). The van der Waals surface area contributed by atoms with Crippen LogP contribution in [-0.4, -0.2) is 35.0 Å². The molecule has 0 saturated carbocycles. The third kappa shape index (κ3) is 4.16. The summed E-state index contributed by atoms with van der Waals surface area (Å²) >= 11 is 5.68. The van der Waals surface area contributed by atoms with E-state index in [1.807, 2.05) is 0 Å². The molecule has 2 rings (SSSR count). The molecule has 126 valence electrons. The molecule has 0 aromatic heterocycles. The molecule has 0 bridgehead atoms. The van der Waals surface area contributed by atoms with Crippen LogP contribution in [0, 0.1) is 11.8 Å². The van der Waals surface area contributed by atoms with Crippen LogP contribution in [0.1, 0.15) is 29.3 Å². The first-order valence-electron chi connectivity index (χ1n) is 6.97. The fraction of sp³-hybridized carbons (Fsp3) is 0.467. The zero-order valence-electron chi connectivity index (χ0n) is 12.2. The number of piperidine rings is 1. The molecule has 1 N–H and O–H groups in total. The molecular weight excluding hydrogens is 335 g/mol. The SMILES string of the molecule is CC1CC(C(=O)O)CN(C(=O)c2cc(Cl)cc(C(F)(F)F)c2)C1. The smallest absolute Gasteiger partial charge is 0.416 e. The molecule has 0 spiro atoms. The summed E-state index contributed by atoms with van der Waals surface area (Å²) in [6.45, 7) is 2.08. The van der Waals surface area contributed by atoms with E-state index in [0.29, 0.717) is 13.0 Å². The predicted molar refractivity (Wildman–Crippen MR) is 77.3 cm³/mol. The number of rotatable bonds is 2. The van der Waals surface area contributed by atoms with Gasteiger partial charge in [-0.3, -0.25) is 9.59 Å². The number of likely N-dealkylation sites (tertiary alicyclic amines) is 1. The van der Waals surface area contributed by atoms with Gasteiger partial charge in [0.15, 0.2) is 0 Å². The van der Waals surface area contributed by atoms with Gasteiger partial charge in [0, 0.05) is 23.7 Å². The van der Waals surface area contributed by atoms with Gasteiger partial charge >= 0.3 is 12.1 Å². The molecule has 1 saturated heterocycles. The molecular formula is C15H15ClF3NO3. The van der Waals surface area contributed by atoms with Crippen LogP contribution in [0.25, 0.3) is 0 Å². The molecule has 1 aliphatic rings. The highest BCUT2D eigenvalue weighted by Gasteiger charge is 2.35. The Morgan fingerprint density at radius 3 is 2.48 bits per heavy atom. The number of aliphatic carboxylic acids is 1. The van der Waals surface area contributed by atoms with Crippen molar-refractivity contribution in [3.8, 4) is 0 Å². The lowest BCUT2D eigenvalue weighted by Crippen LogP contribution is -2.45. The second-order valence-corrected chi connectivity index (χ2v) is 6.25. The first-order valence-corrected chi connectivity index (χ1v) is 7.35. The van der Waals surface area contributed by atoms with Crippen LogP contribution in [0.4, 0.5) is 13.2 Å². The summed E-state index contributed by atoms with van der Waals surface area (Å²) in [7, 11) is 0. The maximum Gasteiger partial charge on any atom is 0.416 e. The Balaban J connectivity index is 2.29. The number of carbonyl (C=O) groups is 2. The lowest BCUT2D eigenvalue weighted by molar-refractivity contribution is -0.143. The number of nitrogens with zero attached hydrogens (tertiary/aromatic N) is 1. The van der Waals surface area contributed by atoms with Gasteiger partial charge in [-0.25, -0.2) is 0 Å². The maximum absolute atomic E-state index is 12.8. The quantitative estimate of drug-likeness (QED) is 0.888. The first-order chi connectivity index (χ1) is 10.6. The van der Waals surface area contributed by atoms with Gasteiger partial charge in [-0.1, -0.05) is 18.5 Å². The van der Waals surface area contributed by atoms with E-state index in [1.165, 1.54) is 4.90 Å². The van der Waals surface area contributed by atoms with Crippen LogP contribution in [0.5, 0.6) is 0 Å². The molecule has 8 heteroatoms. The predicted octanol–water partition coefficient (Wildman–Crippen LogP) is 3.54. The van der Waals surface area contributed by atoms with Crippen LogP contribution in [0.2, 0.25) is 5.02 Å². The second-order valence-electron chi connectivity index (χ2n) is 5.81. The van der Waals surface area contributed by atoms with Crippen molar-refractivity contribution in [1.82, 2.24) is 4.90 Å². The van der Waals surface area contributed by atoms with Crippen molar-refractivity contribution >= 4 is 23.5 Å². The summed E-state index contributed by atoms with van der Waals surface area (Å²) in [5, 5.41) is 8.92. The summed E-state index contributed by atoms with van der Waals surface area (Å²) in [6.07, 6.45) is -4.18. The van der Waals surface area contributed by atoms with Gasteiger partial charge in [0.25, 0.3) is 5.91 Å². The second kappa shape index (κ2) is 6.39. The lowest BCUT2D eigenvalue weighted by Gasteiger charge is -2.34. The van der Waals surface area contributed by atoms with E-state index < -0.39 is 29.5 Å². The Labute approximate surface area is 135 Å². The molecule has 2 atom stereocenters. The molecule has 23 heavy (non-hydrogen) atoms. The van der Waals surface area contributed by atoms with E-state index in [2.05, 4.69) is 0 Å². The summed E-state index contributed by atoms with van der Waals surface area (Å²) in [6, 6.07) is 2.65. The summed E-state index contributed by atoms with van der Waals surface area (Å²) in [5.41, 5.74) is -1.20. The number of carbonyl (C=O) groups excluding carboxylic acids is 1. The van der Waals surface area contributed by atoms with Crippen molar-refractivity contribution in [3.05, 3.63) is 34.3 Å². The van der Waals surface area contributed by atoms with Crippen LogP contribution >= 0.6 is 11.6 Å². The molecule has 0 radical (unpaired) electrons. The normalized spacial score (nSPS) is 22.0.